The minimum Gasteiger partial charge on any atom is -0.691 e. The van der Waals surface area contributed by atoms with Gasteiger partial charge in [0.25, 0.3) is 0 Å². The Balaban J connectivity index is 0.000000186. The molecule has 704 valence electrons. The number of likely N-dealkylation sites (N-methyl/N-ethyl adjacent to an activating group) is 2. The summed E-state index contributed by atoms with van der Waals surface area (Å²) >= 11 is 0. The summed E-state index contributed by atoms with van der Waals surface area (Å²) in [5.41, 5.74) is 37.3. The molecule has 24 heteroatoms. The van der Waals surface area contributed by atoms with E-state index in [1.54, 1.807) is 332 Å². The van der Waals surface area contributed by atoms with Crippen LogP contribution >= 0.6 is 47.5 Å². The van der Waals surface area contributed by atoms with Crippen LogP contribution in [0.25, 0.3) is 33.2 Å². The molecule has 1 aromatic heterocycles. The normalized spacial score (nSPS) is 28.1. The van der Waals surface area contributed by atoms with Crippen molar-refractivity contribution in [3.63, 3.8) is 0 Å². The smallest absolute Gasteiger partial charge is 0.0982 e. The first kappa shape index (κ1) is 109. The van der Waals surface area contributed by atoms with Crippen molar-refractivity contribution in [3.8, 4) is 0 Å². The monoisotopic (exact) mass is 2320 g/mol. The number of hydrogen-bond donors (Lipinski definition) is 2. The van der Waals surface area contributed by atoms with Gasteiger partial charge in [0, 0.05) is 171 Å². The first-order valence-electron chi connectivity index (χ1n) is 50.8. The number of aryl methyl sites for hydroxylation is 1. The van der Waals surface area contributed by atoms with Crippen LogP contribution in [0.3, 0.4) is 0 Å². The average Bonchev–Trinajstić information content (AvgIpc) is 1.69. The summed E-state index contributed by atoms with van der Waals surface area (Å²) in [6.45, 7) is 17.4. The van der Waals surface area contributed by atoms with Crippen LogP contribution in [0.15, 0.2) is 21.3 Å². The Hall–Kier alpha value is 1.82. The number of aliphatic imine (C=N–C) groups is 3. The van der Waals surface area contributed by atoms with Gasteiger partial charge in [-0.1, -0.05) is 97.4 Å². The summed E-state index contributed by atoms with van der Waals surface area (Å²) in [7, 11) is 5.82. The molecule has 2 saturated heterocycles. The van der Waals surface area contributed by atoms with Crippen LogP contribution in [0.2, 0.25) is 0 Å². The standard InChI is InChI=1S/6C13H25P.2C6H11N5.C6H7N5.3Pt/c6*1-14(12-8-4-2-5-9-12)13-10-6-3-7-11-13;3*1-11-3-10-4-5(7)8-2-9-6(4)11;;;/h6*12-13H,2-11H2,1H3;2*3-7,9H,2H2,1H3;3H,2H2,1H3,(H-,7,8);;;/q;;;;;;3*-2;;;/p+6. The molecule has 0 radical (unpaired) electrons. The summed E-state index contributed by atoms with van der Waals surface area (Å²) in [5, 5.41) is 18.5. The molecule has 14 fully saturated rings. The van der Waals surface area contributed by atoms with E-state index in [-0.39, 0.29) is 153 Å². The number of nitrogens with zero attached hydrogens (tertiary/aromatic N) is 10. The minimum absolute atomic E-state index is 0. The van der Waals surface area contributed by atoms with E-state index in [1.807, 2.05) is 30.9 Å². The molecular formula is C96H185N15P6Pt3. The molecule has 6 atom stereocenters. The Morgan fingerprint density at radius 3 is 0.683 bits per heavy atom. The molecule has 12 aliphatic carbocycles. The van der Waals surface area contributed by atoms with E-state index in [4.69, 9.17) is 17.2 Å². The SMILES string of the molecule is CN1C=NC2C([NH-])[N-]CNC21.CN1C=NC2C([NH-])[N-]CNC21.C[PH+](C1CCCCC1)C1CCCCC1.C[PH+](C1CCCCC1)C1CCCCC1.C[PH+](C1CCCCC1)C1CCCCC1.C[PH+](C1CCCCC1)C1CCCCC1.C[PH+](C1CCCCC1)C1CCCCC1.C[PH+](C1CCCCC1)C1CCCCC1.Cn1cnc2c1[N-]CN=C2[NH-].[Pt].[Pt].[Pt]. The fourth-order valence-corrected chi connectivity index (χ4v) is 44.4. The van der Waals surface area contributed by atoms with Crippen molar-refractivity contribution in [1.82, 2.24) is 30.0 Å². The largest absolute Gasteiger partial charge is 0.691 e. The quantitative estimate of drug-likeness (QED) is 0.196. The van der Waals surface area contributed by atoms with Crippen LogP contribution in [0.4, 0.5) is 5.82 Å². The maximum Gasteiger partial charge on any atom is 0.0982 e. The number of hydrogen-bond acceptors (Lipinski definition) is 8. The molecule has 0 spiro atoms. The number of fused-ring (bicyclic) bond motifs is 3. The molecule has 5 aliphatic heterocycles. The Labute approximate surface area is 789 Å². The maximum absolute atomic E-state index is 7.54. The van der Waals surface area contributed by atoms with Crippen molar-refractivity contribution in [1.29, 1.82) is 0 Å². The van der Waals surface area contributed by atoms with Gasteiger partial charge in [0.2, 0.25) is 0 Å². The summed E-state index contributed by atoms with van der Waals surface area (Å²) < 4.78 is 1.79. The number of nitrogens with one attached hydrogen (secondary N) is 5. The average molecular weight is 2320 g/mol. The van der Waals surface area contributed by atoms with E-state index >= 15 is 0 Å². The van der Waals surface area contributed by atoms with Gasteiger partial charge in [0.15, 0.2) is 0 Å². The predicted octanol–water partition coefficient (Wildman–Crippen LogP) is 28.1. The minimum atomic E-state index is -0.387. The van der Waals surface area contributed by atoms with Gasteiger partial charge in [-0.25, -0.2) is 12.3 Å². The summed E-state index contributed by atoms with van der Waals surface area (Å²) in [6.07, 6.45) is 98.1. The van der Waals surface area contributed by atoms with Crippen molar-refractivity contribution in [2.45, 2.75) is 490 Å². The van der Waals surface area contributed by atoms with E-state index < -0.39 is 0 Å². The van der Waals surface area contributed by atoms with Gasteiger partial charge in [-0.15, -0.1) is 0 Å². The van der Waals surface area contributed by atoms with Gasteiger partial charge in [-0.3, -0.25) is 15.0 Å². The van der Waals surface area contributed by atoms with Gasteiger partial charge in [-0.05, 0) is 327 Å². The first-order valence-corrected chi connectivity index (χ1v) is 63.7. The predicted molar refractivity (Wildman–Crippen MR) is 536 cm³/mol. The second-order valence-corrected chi connectivity index (χ2v) is 59.3. The van der Waals surface area contributed by atoms with Crippen LogP contribution < -0.4 is 10.6 Å². The fraction of sp³-hybridized carbons (Fsp3) is 0.938. The molecule has 17 aliphatic rings. The molecule has 1 aromatic rings. The van der Waals surface area contributed by atoms with Crippen molar-refractivity contribution in [3.05, 3.63) is 45.2 Å². The molecule has 12 saturated carbocycles. The number of aromatic nitrogens is 2. The van der Waals surface area contributed by atoms with Crippen LogP contribution in [0.1, 0.15) is 391 Å². The topological polar surface area (TPSA) is 199 Å². The third kappa shape index (κ3) is 36.7. The van der Waals surface area contributed by atoms with Crippen molar-refractivity contribution < 1.29 is 63.2 Å². The first-order chi connectivity index (χ1) is 57.1. The van der Waals surface area contributed by atoms with Crippen LogP contribution in [-0.2, 0) is 70.2 Å². The van der Waals surface area contributed by atoms with Gasteiger partial charge in [-0.2, -0.15) is 0 Å². The van der Waals surface area contributed by atoms with E-state index in [9.17, 15) is 0 Å². The number of imidazole rings is 1. The van der Waals surface area contributed by atoms with Crippen molar-refractivity contribution >= 4 is 71.9 Å². The zero-order valence-electron chi connectivity index (χ0n) is 78.1. The van der Waals surface area contributed by atoms with E-state index in [2.05, 4.69) is 86.5 Å². The Kier molecular flexibility index (Phi) is 56.5. The molecule has 6 heterocycles. The Morgan fingerprint density at radius 1 is 0.317 bits per heavy atom. The summed E-state index contributed by atoms with van der Waals surface area (Å²) in [4.78, 5) is 20.1. The van der Waals surface area contributed by atoms with Gasteiger partial charge in [0.1, 0.15) is 0 Å². The fourth-order valence-electron chi connectivity index (χ4n) is 24.6. The third-order valence-electron chi connectivity index (χ3n) is 32.8. The summed E-state index contributed by atoms with van der Waals surface area (Å²) in [5.74, 6) is 0.987. The van der Waals surface area contributed by atoms with Crippen LogP contribution in [0, 0.1) is 0 Å². The molecule has 5 N–H and O–H groups in total. The van der Waals surface area contributed by atoms with Gasteiger partial charge in [0.05, 0.1) is 111 Å². The molecule has 0 aromatic carbocycles. The molecule has 6 unspecified atom stereocenters. The molecule has 18 rings (SSSR count). The van der Waals surface area contributed by atoms with Crippen molar-refractivity contribution in [2.75, 3.05) is 74.1 Å². The van der Waals surface area contributed by atoms with Crippen LogP contribution in [-0.4, -0.2) is 217 Å². The number of amidine groups is 1. The Bertz CT molecular complexity index is 2380. The molecule has 15 nitrogen and oxygen atoms in total. The van der Waals surface area contributed by atoms with Gasteiger partial charge >= 0.3 is 0 Å². The zero-order chi connectivity index (χ0) is 82.4. The second-order valence-electron chi connectivity index (χ2n) is 40.5. The van der Waals surface area contributed by atoms with E-state index in [0.717, 1.165) is 5.82 Å². The maximum atomic E-state index is 7.54. The molecule has 0 bridgehead atoms. The zero-order valence-corrected chi connectivity index (χ0v) is 90.9. The summed E-state index contributed by atoms with van der Waals surface area (Å²) in [6, 6.07) is -0.0116. The molecule has 0 amide bonds. The molecule has 120 heavy (non-hydrogen) atoms. The van der Waals surface area contributed by atoms with Crippen molar-refractivity contribution in [2.24, 2.45) is 22.0 Å². The van der Waals surface area contributed by atoms with Gasteiger partial charge < -0.3 is 63.1 Å². The third-order valence-corrected chi connectivity index (χ3v) is 55.1. The second kappa shape index (κ2) is 62.3. The van der Waals surface area contributed by atoms with E-state index in [0.29, 0.717) is 25.7 Å². The number of rotatable bonds is 12. The Morgan fingerprint density at radius 2 is 0.508 bits per heavy atom. The van der Waals surface area contributed by atoms with E-state index in [1.165, 1.54) is 145 Å². The van der Waals surface area contributed by atoms with Crippen LogP contribution in [0.5, 0.6) is 0 Å². The molecular weight excluding hydrogens is 2130 g/mol.